The van der Waals surface area contributed by atoms with E-state index in [-0.39, 0.29) is 5.41 Å². The van der Waals surface area contributed by atoms with Crippen molar-refractivity contribution in [3.63, 3.8) is 0 Å². The van der Waals surface area contributed by atoms with E-state index in [0.29, 0.717) is 0 Å². The van der Waals surface area contributed by atoms with Gasteiger partial charge in [-0.3, -0.25) is 0 Å². The third-order valence-corrected chi connectivity index (χ3v) is 12.0. The zero-order valence-corrected chi connectivity index (χ0v) is 29.8. The van der Waals surface area contributed by atoms with E-state index in [9.17, 15) is 0 Å². The van der Waals surface area contributed by atoms with Crippen molar-refractivity contribution in [1.82, 2.24) is 0 Å². The van der Waals surface area contributed by atoms with E-state index >= 15 is 0 Å². The molecule has 0 aliphatic heterocycles. The lowest BCUT2D eigenvalue weighted by molar-refractivity contribution is 0.660. The van der Waals surface area contributed by atoms with Crippen molar-refractivity contribution in [3.8, 4) is 44.5 Å². The summed E-state index contributed by atoms with van der Waals surface area (Å²) in [7, 11) is 0. The maximum atomic E-state index is 2.48. The van der Waals surface area contributed by atoms with Gasteiger partial charge in [-0.25, -0.2) is 0 Å². The van der Waals surface area contributed by atoms with E-state index in [1.165, 1.54) is 109 Å². The molecule has 11 rings (SSSR count). The molecule has 0 atom stereocenters. The lowest BCUT2D eigenvalue weighted by Crippen LogP contribution is -2.14. The monoisotopic (exact) mass is 672 g/mol. The molecule has 0 nitrogen and oxygen atoms in total. The molecule has 1 aliphatic rings. The smallest absolute Gasteiger partial charge is 0.0159 e. The first-order chi connectivity index (χ1) is 26.1. The summed E-state index contributed by atoms with van der Waals surface area (Å²) in [5.41, 5.74) is 13.0. The molecule has 0 N–H and O–H groups in total. The van der Waals surface area contributed by atoms with Crippen LogP contribution < -0.4 is 0 Å². The van der Waals surface area contributed by atoms with Gasteiger partial charge in [0.25, 0.3) is 0 Å². The van der Waals surface area contributed by atoms with Crippen molar-refractivity contribution in [3.05, 3.63) is 193 Å². The minimum atomic E-state index is -0.0826. The number of fused-ring (bicyclic) bond motifs is 11. The number of rotatable bonds is 3. The van der Waals surface area contributed by atoms with Crippen LogP contribution in [0.25, 0.3) is 98.4 Å². The maximum Gasteiger partial charge on any atom is 0.0159 e. The van der Waals surface area contributed by atoms with Gasteiger partial charge in [0.05, 0.1) is 0 Å². The zero-order valence-electron chi connectivity index (χ0n) is 29.8. The van der Waals surface area contributed by atoms with Crippen LogP contribution in [-0.2, 0) is 5.41 Å². The Balaban J connectivity index is 1.24. The molecular weight excluding hydrogens is 637 g/mol. The molecule has 0 fully saturated rings. The van der Waals surface area contributed by atoms with Gasteiger partial charge in [-0.1, -0.05) is 178 Å². The van der Waals surface area contributed by atoms with Crippen LogP contribution in [0.1, 0.15) is 25.0 Å². The van der Waals surface area contributed by atoms with Gasteiger partial charge in [0.15, 0.2) is 0 Å². The molecule has 0 heteroatoms. The molecule has 0 heterocycles. The first-order valence-corrected chi connectivity index (χ1v) is 18.7. The summed E-state index contributed by atoms with van der Waals surface area (Å²) in [6, 6.07) is 68.0. The Morgan fingerprint density at radius 1 is 0.264 bits per heavy atom. The lowest BCUT2D eigenvalue weighted by Gasteiger charge is -2.23. The standard InChI is InChI=1S/C53H36/c1-53(2)49-23-13-12-20-42(49)43-28-26-36(32-50(43)53)52-45-22-11-10-21-44(45)51(46-29-24-34(30-48(46)52)33-14-4-3-5-15-33)35-25-27-41-39-18-7-6-16-37(39)38-17-8-9-19-40(38)47(41)31-35/h3-32H,1-2H3. The third-order valence-electron chi connectivity index (χ3n) is 12.0. The van der Waals surface area contributed by atoms with Crippen molar-refractivity contribution < 1.29 is 0 Å². The SMILES string of the molecule is CC1(C)c2ccccc2-c2ccc(-c3c4ccccc4c(-c4ccc5c6ccccc6c6ccccc6c5c4)c4ccc(-c5ccccc5)cc34)cc21. The van der Waals surface area contributed by atoms with Crippen LogP contribution in [0.3, 0.4) is 0 Å². The lowest BCUT2D eigenvalue weighted by atomic mass is 9.80. The van der Waals surface area contributed by atoms with Crippen LogP contribution in [0, 0.1) is 0 Å². The molecule has 10 aromatic rings. The summed E-state index contributed by atoms with van der Waals surface area (Å²) in [5, 5.41) is 12.9. The van der Waals surface area contributed by atoms with Crippen molar-refractivity contribution in [2.75, 3.05) is 0 Å². The molecule has 0 radical (unpaired) electrons. The normalized spacial score (nSPS) is 13.2. The second-order valence-electron chi connectivity index (χ2n) is 15.2. The average molecular weight is 673 g/mol. The molecule has 0 spiro atoms. The summed E-state index contributed by atoms with van der Waals surface area (Å²) in [5.74, 6) is 0. The molecule has 1 aliphatic carbocycles. The van der Waals surface area contributed by atoms with E-state index in [1.54, 1.807) is 0 Å². The van der Waals surface area contributed by atoms with Gasteiger partial charge in [0.1, 0.15) is 0 Å². The van der Waals surface area contributed by atoms with Crippen molar-refractivity contribution >= 4 is 53.9 Å². The maximum absolute atomic E-state index is 2.48. The van der Waals surface area contributed by atoms with E-state index in [0.717, 1.165) is 0 Å². The summed E-state index contributed by atoms with van der Waals surface area (Å²) < 4.78 is 0. The fourth-order valence-corrected chi connectivity index (χ4v) is 9.53. The Bertz CT molecular complexity index is 3090. The van der Waals surface area contributed by atoms with Gasteiger partial charge in [-0.05, 0) is 128 Å². The molecule has 248 valence electrons. The van der Waals surface area contributed by atoms with Gasteiger partial charge < -0.3 is 0 Å². The van der Waals surface area contributed by atoms with Crippen molar-refractivity contribution in [2.24, 2.45) is 0 Å². The molecule has 0 bridgehead atoms. The minimum absolute atomic E-state index is 0.0826. The molecule has 53 heavy (non-hydrogen) atoms. The third kappa shape index (κ3) is 4.36. The van der Waals surface area contributed by atoms with Gasteiger partial charge >= 0.3 is 0 Å². The van der Waals surface area contributed by atoms with E-state index in [4.69, 9.17) is 0 Å². The highest BCUT2D eigenvalue weighted by molar-refractivity contribution is 6.27. The van der Waals surface area contributed by atoms with Crippen LogP contribution in [0.15, 0.2) is 182 Å². The van der Waals surface area contributed by atoms with Crippen LogP contribution in [0.5, 0.6) is 0 Å². The Hall–Kier alpha value is -6.50. The molecular formula is C53H36. The predicted molar refractivity (Wildman–Crippen MR) is 228 cm³/mol. The Morgan fingerprint density at radius 2 is 0.698 bits per heavy atom. The largest absolute Gasteiger partial charge is 0.0622 e. The van der Waals surface area contributed by atoms with Crippen LogP contribution >= 0.6 is 0 Å². The second kappa shape index (κ2) is 11.2. The highest BCUT2D eigenvalue weighted by Gasteiger charge is 2.35. The molecule has 10 aromatic carbocycles. The molecule has 0 amide bonds. The number of hydrogen-bond donors (Lipinski definition) is 0. The van der Waals surface area contributed by atoms with E-state index in [2.05, 4.69) is 196 Å². The predicted octanol–water partition coefficient (Wildman–Crippen LogP) is 14.8. The minimum Gasteiger partial charge on any atom is -0.0622 e. The van der Waals surface area contributed by atoms with Crippen molar-refractivity contribution in [1.29, 1.82) is 0 Å². The summed E-state index contributed by atoms with van der Waals surface area (Å²) in [6.45, 7) is 4.75. The topological polar surface area (TPSA) is 0 Å². The Labute approximate surface area is 309 Å². The average Bonchev–Trinajstić information content (AvgIpc) is 3.45. The Kier molecular flexibility index (Phi) is 6.40. The second-order valence-corrected chi connectivity index (χ2v) is 15.2. The summed E-state index contributed by atoms with van der Waals surface area (Å²) in [6.07, 6.45) is 0. The molecule has 0 unspecified atom stereocenters. The van der Waals surface area contributed by atoms with Gasteiger partial charge in [-0.2, -0.15) is 0 Å². The molecule has 0 aromatic heterocycles. The summed E-state index contributed by atoms with van der Waals surface area (Å²) in [4.78, 5) is 0. The highest BCUT2D eigenvalue weighted by Crippen LogP contribution is 2.52. The van der Waals surface area contributed by atoms with Crippen LogP contribution in [-0.4, -0.2) is 0 Å². The van der Waals surface area contributed by atoms with Gasteiger partial charge in [0.2, 0.25) is 0 Å². The number of hydrogen-bond acceptors (Lipinski definition) is 0. The molecule has 0 saturated heterocycles. The summed E-state index contributed by atoms with van der Waals surface area (Å²) >= 11 is 0. The van der Waals surface area contributed by atoms with Crippen LogP contribution in [0.4, 0.5) is 0 Å². The van der Waals surface area contributed by atoms with Crippen molar-refractivity contribution in [2.45, 2.75) is 19.3 Å². The van der Waals surface area contributed by atoms with Gasteiger partial charge in [-0.15, -0.1) is 0 Å². The first-order valence-electron chi connectivity index (χ1n) is 18.7. The van der Waals surface area contributed by atoms with E-state index in [1.807, 2.05) is 0 Å². The van der Waals surface area contributed by atoms with Gasteiger partial charge in [0, 0.05) is 5.41 Å². The number of benzene rings is 10. The quantitative estimate of drug-likeness (QED) is 0.129. The molecule has 0 saturated carbocycles. The highest BCUT2D eigenvalue weighted by atomic mass is 14.4. The fourth-order valence-electron chi connectivity index (χ4n) is 9.53. The van der Waals surface area contributed by atoms with Crippen LogP contribution in [0.2, 0.25) is 0 Å². The first kappa shape index (κ1) is 30.2. The fraction of sp³-hybridized carbons (Fsp3) is 0.0566. The Morgan fingerprint density at radius 3 is 1.40 bits per heavy atom. The zero-order chi connectivity index (χ0) is 35.3. The van der Waals surface area contributed by atoms with E-state index < -0.39 is 0 Å².